The molecule has 1 N–H and O–H groups in total. The Kier molecular flexibility index (Phi) is 8.39. The van der Waals surface area contributed by atoms with Crippen molar-refractivity contribution in [2.45, 2.75) is 32.0 Å². The number of rotatable bonds is 9. The predicted octanol–water partition coefficient (Wildman–Crippen LogP) is 6.04. The molecule has 12 heteroatoms. The molecule has 2 aromatic heterocycles. The van der Waals surface area contributed by atoms with Crippen LogP contribution in [0.25, 0.3) is 22.2 Å². The van der Waals surface area contributed by atoms with Crippen LogP contribution in [0.15, 0.2) is 65.8 Å². The number of fused-ring (bicyclic) bond motifs is 1. The summed E-state index contributed by atoms with van der Waals surface area (Å²) in [5, 5.41) is 3.05. The number of anilines is 1. The van der Waals surface area contributed by atoms with Gasteiger partial charge >= 0.3 is 6.18 Å². The fourth-order valence-electron chi connectivity index (χ4n) is 4.08. The zero-order valence-electron chi connectivity index (χ0n) is 21.0. The Hall–Kier alpha value is -4.12. The molecule has 8 nitrogen and oxygen atoms in total. The fourth-order valence-corrected chi connectivity index (χ4v) is 4.25. The lowest BCUT2D eigenvalue weighted by Gasteiger charge is -2.21. The Morgan fingerprint density at radius 1 is 1.05 bits per heavy atom. The van der Waals surface area contributed by atoms with Gasteiger partial charge in [-0.3, -0.25) is 24.1 Å². The van der Waals surface area contributed by atoms with Gasteiger partial charge in [0, 0.05) is 40.3 Å². The Morgan fingerprint density at radius 3 is 2.46 bits per heavy atom. The largest absolute Gasteiger partial charge is 0.495 e. The van der Waals surface area contributed by atoms with Gasteiger partial charge in [0.05, 0.1) is 24.3 Å². The maximum absolute atomic E-state index is 13.3. The van der Waals surface area contributed by atoms with Gasteiger partial charge < -0.3 is 14.8 Å². The molecular weight excluding hydrogens is 537 g/mol. The van der Waals surface area contributed by atoms with E-state index in [1.54, 1.807) is 30.6 Å². The molecule has 0 fully saturated rings. The van der Waals surface area contributed by atoms with E-state index in [2.05, 4.69) is 15.3 Å². The second-order valence-corrected chi connectivity index (χ2v) is 9.04. The van der Waals surface area contributed by atoms with Crippen LogP contribution in [0.1, 0.15) is 25.8 Å². The highest BCUT2D eigenvalue weighted by Crippen LogP contribution is 2.38. The smallest absolute Gasteiger partial charge is 0.422 e. The number of ether oxygens (including phenoxy) is 2. The highest BCUT2D eigenvalue weighted by Gasteiger charge is 2.29. The summed E-state index contributed by atoms with van der Waals surface area (Å²) in [6, 6.07) is 9.42. The molecule has 4 rings (SSSR count). The molecule has 4 aromatic rings. The number of hydrogen-bond acceptors (Lipinski definition) is 6. The van der Waals surface area contributed by atoms with Gasteiger partial charge in [0.1, 0.15) is 17.5 Å². The van der Waals surface area contributed by atoms with E-state index < -0.39 is 30.3 Å². The van der Waals surface area contributed by atoms with Crippen molar-refractivity contribution >= 4 is 34.2 Å². The quantitative estimate of drug-likeness (QED) is 0.268. The summed E-state index contributed by atoms with van der Waals surface area (Å²) in [7, 11) is 1.35. The van der Waals surface area contributed by atoms with Crippen LogP contribution in [0, 0.1) is 0 Å². The number of alkyl halides is 3. The third-order valence-corrected chi connectivity index (χ3v) is 6.06. The van der Waals surface area contributed by atoms with Crippen LogP contribution in [0.2, 0.25) is 5.02 Å². The number of hydrogen-bond donors (Lipinski definition) is 1. The third-order valence-electron chi connectivity index (χ3n) is 5.82. The van der Waals surface area contributed by atoms with E-state index in [9.17, 15) is 22.8 Å². The Labute approximate surface area is 226 Å². The topological polar surface area (TPSA) is 95.3 Å². The molecule has 0 aliphatic rings. The molecule has 0 saturated carbocycles. The Balaban J connectivity index is 1.70. The summed E-state index contributed by atoms with van der Waals surface area (Å²) in [6.45, 7) is 0.346. The number of pyridine rings is 1. The number of aromatic nitrogens is 3. The monoisotopic (exact) mass is 560 g/mol. The van der Waals surface area contributed by atoms with Gasteiger partial charge in [-0.25, -0.2) is 0 Å². The zero-order valence-corrected chi connectivity index (χ0v) is 21.7. The van der Waals surface area contributed by atoms with Gasteiger partial charge in [-0.2, -0.15) is 13.2 Å². The average molecular weight is 561 g/mol. The standard InChI is InChI=1S/C27H24ClF3N4O4/c1-3-4-22(26(37)34-17-6-7-20-21(12-17)33-10-9-32-20)35-14-24(38-2)19(13-25(35)36)18-11-16(28)5-8-23(18)39-15-27(29,30)31/h5-14,22H,3-4,15H2,1-2H3,(H,34,37). The lowest BCUT2D eigenvalue weighted by molar-refractivity contribution is -0.153. The van der Waals surface area contributed by atoms with Crippen molar-refractivity contribution < 1.29 is 27.4 Å². The van der Waals surface area contributed by atoms with Crippen LogP contribution in [0.4, 0.5) is 18.9 Å². The lowest BCUT2D eigenvalue weighted by atomic mass is 10.0. The fraction of sp³-hybridized carbons (Fsp3) is 0.259. The van der Waals surface area contributed by atoms with E-state index >= 15 is 0 Å². The van der Waals surface area contributed by atoms with Crippen molar-refractivity contribution in [2.75, 3.05) is 19.0 Å². The molecule has 1 unspecified atom stereocenters. The molecule has 39 heavy (non-hydrogen) atoms. The number of nitrogens with one attached hydrogen (secondary N) is 1. The van der Waals surface area contributed by atoms with Gasteiger partial charge in [0.2, 0.25) is 5.91 Å². The molecule has 204 valence electrons. The van der Waals surface area contributed by atoms with E-state index in [4.69, 9.17) is 21.1 Å². The number of benzene rings is 2. The van der Waals surface area contributed by atoms with Crippen molar-refractivity contribution in [3.63, 3.8) is 0 Å². The zero-order chi connectivity index (χ0) is 28.2. The molecule has 0 bridgehead atoms. The van der Waals surface area contributed by atoms with E-state index in [-0.39, 0.29) is 27.6 Å². The van der Waals surface area contributed by atoms with Crippen LogP contribution in [-0.2, 0) is 4.79 Å². The second kappa shape index (κ2) is 11.7. The SMILES string of the molecule is CCCC(C(=O)Nc1ccc2nccnc2c1)n1cc(OC)c(-c2cc(Cl)ccc2OCC(F)(F)F)cc1=O. The highest BCUT2D eigenvalue weighted by atomic mass is 35.5. The molecule has 1 atom stereocenters. The third kappa shape index (κ3) is 6.66. The first-order valence-electron chi connectivity index (χ1n) is 11.9. The second-order valence-electron chi connectivity index (χ2n) is 8.60. The molecular formula is C27H24ClF3N4O4. The minimum Gasteiger partial charge on any atom is -0.495 e. The van der Waals surface area contributed by atoms with Crippen molar-refractivity contribution in [1.82, 2.24) is 14.5 Å². The summed E-state index contributed by atoms with van der Waals surface area (Å²) in [6.07, 6.45) is 0.817. The summed E-state index contributed by atoms with van der Waals surface area (Å²) < 4.78 is 50.1. The minimum absolute atomic E-state index is 0.130. The van der Waals surface area contributed by atoms with Crippen LogP contribution in [0.5, 0.6) is 11.5 Å². The number of halogens is 4. The van der Waals surface area contributed by atoms with Crippen molar-refractivity contribution in [3.8, 4) is 22.6 Å². The van der Waals surface area contributed by atoms with E-state index in [1.807, 2.05) is 6.92 Å². The van der Waals surface area contributed by atoms with Gasteiger partial charge in [0.15, 0.2) is 6.61 Å². The lowest BCUT2D eigenvalue weighted by Crippen LogP contribution is -2.33. The van der Waals surface area contributed by atoms with Crippen molar-refractivity contribution in [2.24, 2.45) is 0 Å². The number of carbonyl (C=O) groups excluding carboxylic acids is 1. The van der Waals surface area contributed by atoms with Gasteiger partial charge in [-0.15, -0.1) is 0 Å². The van der Waals surface area contributed by atoms with Crippen LogP contribution in [-0.4, -0.2) is 40.3 Å². The number of amides is 1. The first-order valence-corrected chi connectivity index (χ1v) is 12.3. The predicted molar refractivity (Wildman–Crippen MR) is 141 cm³/mol. The Morgan fingerprint density at radius 2 is 1.77 bits per heavy atom. The van der Waals surface area contributed by atoms with E-state index in [0.29, 0.717) is 29.6 Å². The normalized spacial score (nSPS) is 12.3. The van der Waals surface area contributed by atoms with Crippen LogP contribution in [0.3, 0.4) is 0 Å². The summed E-state index contributed by atoms with van der Waals surface area (Å²) in [5.74, 6) is -0.424. The molecule has 0 radical (unpaired) electrons. The minimum atomic E-state index is -4.57. The number of nitrogens with zero attached hydrogens (tertiary/aromatic N) is 3. The molecule has 1 amide bonds. The molecule has 0 aliphatic heterocycles. The molecule has 0 aliphatic carbocycles. The van der Waals surface area contributed by atoms with E-state index in [0.717, 1.165) is 0 Å². The number of methoxy groups -OCH3 is 1. The maximum Gasteiger partial charge on any atom is 0.422 e. The summed E-state index contributed by atoms with van der Waals surface area (Å²) in [5.41, 5.74) is 1.48. The summed E-state index contributed by atoms with van der Waals surface area (Å²) >= 11 is 6.11. The number of carbonyl (C=O) groups is 1. The van der Waals surface area contributed by atoms with Gasteiger partial charge in [-0.1, -0.05) is 24.9 Å². The molecule has 2 aromatic carbocycles. The van der Waals surface area contributed by atoms with Crippen molar-refractivity contribution in [1.29, 1.82) is 0 Å². The maximum atomic E-state index is 13.3. The van der Waals surface area contributed by atoms with Crippen LogP contribution < -0.4 is 20.3 Å². The van der Waals surface area contributed by atoms with E-state index in [1.165, 1.54) is 42.1 Å². The highest BCUT2D eigenvalue weighted by molar-refractivity contribution is 6.31. The molecule has 0 saturated heterocycles. The summed E-state index contributed by atoms with van der Waals surface area (Å²) in [4.78, 5) is 35.1. The average Bonchev–Trinajstić information content (AvgIpc) is 2.90. The first-order chi connectivity index (χ1) is 18.6. The molecule has 2 heterocycles. The van der Waals surface area contributed by atoms with Gasteiger partial charge in [-0.05, 0) is 42.8 Å². The Bertz CT molecular complexity index is 1560. The van der Waals surface area contributed by atoms with Crippen LogP contribution >= 0.6 is 11.6 Å². The van der Waals surface area contributed by atoms with Gasteiger partial charge in [0.25, 0.3) is 5.56 Å². The molecule has 0 spiro atoms. The van der Waals surface area contributed by atoms with Crippen molar-refractivity contribution in [3.05, 3.63) is 76.4 Å². The first kappa shape index (κ1) is 27.9.